The van der Waals surface area contributed by atoms with Crippen molar-refractivity contribution >= 4 is 27.2 Å². The summed E-state index contributed by atoms with van der Waals surface area (Å²) >= 11 is 0.671. The molecule has 0 spiro atoms. The first-order valence-electron chi connectivity index (χ1n) is 7.58. The number of rotatable bonds is 6. The fourth-order valence-corrected chi connectivity index (χ4v) is 3.60. The number of benzene rings is 1. The molecule has 0 amide bonds. The van der Waals surface area contributed by atoms with E-state index in [1.165, 1.54) is 24.3 Å². The van der Waals surface area contributed by atoms with Gasteiger partial charge >= 0.3 is 10.4 Å². The van der Waals surface area contributed by atoms with Crippen molar-refractivity contribution in [2.75, 3.05) is 6.61 Å². The number of hydrogen-bond acceptors (Lipinski definition) is 11. The Morgan fingerprint density at radius 3 is 2.33 bits per heavy atom. The molecule has 1 aromatic carbocycles. The number of aliphatic hydroxyl groups is 4. The Balaban J connectivity index is 2.20. The largest absolute Gasteiger partial charge is 0.508 e. The predicted molar refractivity (Wildman–Crippen MR) is 93.2 cm³/mol. The highest BCUT2D eigenvalue weighted by atomic mass is 32.3. The van der Waals surface area contributed by atoms with Crippen LogP contribution in [0.25, 0.3) is 0 Å². The molecule has 152 valence electrons. The van der Waals surface area contributed by atoms with Gasteiger partial charge in [-0.05, 0) is 17.7 Å². The number of ether oxygens (including phenoxy) is 1. The van der Waals surface area contributed by atoms with Crippen LogP contribution in [0.3, 0.4) is 0 Å². The molecule has 1 aromatic rings. The molecule has 0 bridgehead atoms. The zero-order valence-electron chi connectivity index (χ0n) is 13.7. The Morgan fingerprint density at radius 2 is 1.78 bits per heavy atom. The Hall–Kier alpha value is -1.45. The zero-order valence-corrected chi connectivity index (χ0v) is 15.3. The van der Waals surface area contributed by atoms with E-state index in [1.807, 2.05) is 0 Å². The van der Waals surface area contributed by atoms with Crippen LogP contribution < -0.4 is 0 Å². The van der Waals surface area contributed by atoms with Crippen molar-refractivity contribution in [2.45, 2.75) is 36.3 Å². The molecule has 0 unspecified atom stereocenters. The SMILES string of the molecule is O=S(=O)(O)O/N=C(\Cc1ccc(O)cc1)S[C@@H]1O[C@H](CO)[C@@H](O)[C@H](O)[C@@H]1O. The molecule has 6 N–H and O–H groups in total. The van der Waals surface area contributed by atoms with Gasteiger partial charge in [0.25, 0.3) is 0 Å². The minimum absolute atomic E-state index is 0.00742. The van der Waals surface area contributed by atoms with E-state index in [9.17, 15) is 34.0 Å². The molecule has 0 aliphatic carbocycles. The maximum atomic E-state index is 10.8. The Bertz CT molecular complexity index is 752. The average Bonchev–Trinajstić information content (AvgIpc) is 2.61. The zero-order chi connectivity index (χ0) is 20.2. The van der Waals surface area contributed by atoms with E-state index in [0.717, 1.165) is 0 Å². The van der Waals surface area contributed by atoms with Crippen LogP contribution in [0.4, 0.5) is 0 Å². The van der Waals surface area contributed by atoms with Crippen molar-refractivity contribution < 1.29 is 47.5 Å². The van der Waals surface area contributed by atoms with Gasteiger partial charge in [-0.1, -0.05) is 29.1 Å². The number of phenols is 1. The van der Waals surface area contributed by atoms with E-state index in [4.69, 9.17) is 9.29 Å². The number of aliphatic hydroxyl groups excluding tert-OH is 4. The fourth-order valence-electron chi connectivity index (χ4n) is 2.27. The summed E-state index contributed by atoms with van der Waals surface area (Å²) in [6, 6.07) is 5.81. The van der Waals surface area contributed by atoms with Gasteiger partial charge in [-0.15, -0.1) is 0 Å². The quantitative estimate of drug-likeness (QED) is 0.136. The first kappa shape index (κ1) is 21.8. The lowest BCUT2D eigenvalue weighted by Gasteiger charge is -2.39. The number of aromatic hydroxyl groups is 1. The second-order valence-corrected chi connectivity index (χ2v) is 7.82. The molecular weight excluding hydrogens is 406 g/mol. The van der Waals surface area contributed by atoms with E-state index < -0.39 is 46.9 Å². The Kier molecular flexibility index (Phi) is 7.41. The molecule has 1 saturated heterocycles. The molecule has 1 fully saturated rings. The van der Waals surface area contributed by atoms with Crippen molar-refractivity contribution in [1.82, 2.24) is 0 Å². The summed E-state index contributed by atoms with van der Waals surface area (Å²) in [7, 11) is -4.88. The van der Waals surface area contributed by atoms with Gasteiger partial charge in [0.05, 0.1) is 6.61 Å². The highest BCUT2D eigenvalue weighted by molar-refractivity contribution is 8.14. The van der Waals surface area contributed by atoms with Gasteiger partial charge < -0.3 is 30.3 Å². The van der Waals surface area contributed by atoms with Gasteiger partial charge in [-0.25, -0.2) is 4.28 Å². The lowest BCUT2D eigenvalue weighted by Crippen LogP contribution is -2.57. The van der Waals surface area contributed by atoms with E-state index >= 15 is 0 Å². The summed E-state index contributed by atoms with van der Waals surface area (Å²) in [4.78, 5) is 0. The second kappa shape index (κ2) is 9.16. The number of nitrogens with zero attached hydrogens (tertiary/aromatic N) is 1. The van der Waals surface area contributed by atoms with E-state index in [2.05, 4.69) is 9.44 Å². The molecule has 27 heavy (non-hydrogen) atoms. The van der Waals surface area contributed by atoms with Crippen LogP contribution in [-0.4, -0.2) is 80.0 Å². The van der Waals surface area contributed by atoms with E-state index in [1.54, 1.807) is 0 Å². The average molecular weight is 425 g/mol. The molecular formula is C14H19NO10S2. The maximum Gasteiger partial charge on any atom is 0.466 e. The molecule has 1 heterocycles. The van der Waals surface area contributed by atoms with Crippen LogP contribution in [0, 0.1) is 0 Å². The maximum absolute atomic E-state index is 10.8. The third-order valence-corrected chi connectivity index (χ3v) is 5.00. The smallest absolute Gasteiger partial charge is 0.466 e. The number of hydrogen-bond donors (Lipinski definition) is 6. The lowest BCUT2D eigenvalue weighted by molar-refractivity contribution is -0.205. The lowest BCUT2D eigenvalue weighted by atomic mass is 10.0. The highest BCUT2D eigenvalue weighted by Gasteiger charge is 2.44. The van der Waals surface area contributed by atoms with Gasteiger partial charge in [0.15, 0.2) is 0 Å². The third-order valence-electron chi connectivity index (χ3n) is 3.63. The molecule has 13 heteroatoms. The van der Waals surface area contributed by atoms with E-state index in [0.29, 0.717) is 17.3 Å². The summed E-state index contributed by atoms with van der Waals surface area (Å²) < 4.78 is 39.6. The van der Waals surface area contributed by atoms with Crippen molar-refractivity contribution in [3.8, 4) is 5.75 Å². The molecule has 1 aliphatic heterocycles. The van der Waals surface area contributed by atoms with Crippen LogP contribution in [0.2, 0.25) is 0 Å². The summed E-state index contributed by atoms with van der Waals surface area (Å²) in [5.74, 6) is 0.00742. The molecule has 0 saturated carbocycles. The number of thioether (sulfide) groups is 1. The molecule has 2 rings (SSSR count). The standard InChI is InChI=1S/C14H19NO10S2/c16-6-9-11(18)12(19)13(20)14(24-9)26-10(15-25-27(21,22)23)5-7-1-3-8(17)4-2-7/h1-4,9,11-14,16-20H,5-6H2,(H,21,22,23)/b15-10+/t9-,11-,12+,13+,14+/m1/s1. The summed E-state index contributed by atoms with van der Waals surface area (Å²) in [6.07, 6.45) is -5.93. The first-order valence-corrected chi connectivity index (χ1v) is 9.83. The molecule has 5 atom stereocenters. The fraction of sp³-hybridized carbons (Fsp3) is 0.500. The Morgan fingerprint density at radius 1 is 1.15 bits per heavy atom. The predicted octanol–water partition coefficient (Wildman–Crippen LogP) is -1.40. The van der Waals surface area contributed by atoms with Gasteiger partial charge in [-0.3, -0.25) is 4.55 Å². The van der Waals surface area contributed by atoms with Gasteiger partial charge in [-0.2, -0.15) is 8.42 Å². The van der Waals surface area contributed by atoms with Crippen LogP contribution in [0.5, 0.6) is 5.75 Å². The van der Waals surface area contributed by atoms with Crippen LogP contribution in [0.15, 0.2) is 29.4 Å². The highest BCUT2D eigenvalue weighted by Crippen LogP contribution is 2.30. The summed E-state index contributed by atoms with van der Waals surface area (Å²) in [6.45, 7) is -0.631. The monoisotopic (exact) mass is 425 g/mol. The third kappa shape index (κ3) is 6.29. The van der Waals surface area contributed by atoms with Crippen molar-refractivity contribution in [1.29, 1.82) is 0 Å². The van der Waals surface area contributed by atoms with Crippen molar-refractivity contribution in [3.63, 3.8) is 0 Å². The topological polar surface area (TPSA) is 186 Å². The van der Waals surface area contributed by atoms with Gasteiger partial charge in [0.1, 0.15) is 40.6 Å². The molecule has 0 aromatic heterocycles. The summed E-state index contributed by atoms with van der Waals surface area (Å²) in [5, 5.41) is 51.4. The Labute approximate surface area is 158 Å². The van der Waals surface area contributed by atoms with Crippen LogP contribution in [-0.2, 0) is 25.8 Å². The normalized spacial score (nSPS) is 29.5. The first-order chi connectivity index (χ1) is 12.6. The minimum atomic E-state index is -4.88. The van der Waals surface area contributed by atoms with Gasteiger partial charge in [0.2, 0.25) is 0 Å². The van der Waals surface area contributed by atoms with Crippen molar-refractivity contribution in [3.05, 3.63) is 29.8 Å². The summed E-state index contributed by atoms with van der Waals surface area (Å²) in [5.41, 5.74) is -0.649. The molecule has 0 radical (unpaired) electrons. The minimum Gasteiger partial charge on any atom is -0.508 e. The van der Waals surface area contributed by atoms with Crippen molar-refractivity contribution in [2.24, 2.45) is 5.16 Å². The molecule has 1 aliphatic rings. The van der Waals surface area contributed by atoms with Crippen LogP contribution in [0.1, 0.15) is 5.56 Å². The number of oxime groups is 1. The number of phenolic OH excluding ortho intramolecular Hbond substituents is 1. The second-order valence-electron chi connectivity index (χ2n) is 5.65. The van der Waals surface area contributed by atoms with E-state index in [-0.39, 0.29) is 17.2 Å². The molecule has 11 nitrogen and oxygen atoms in total. The van der Waals surface area contributed by atoms with Crippen LogP contribution >= 0.6 is 11.8 Å². The van der Waals surface area contributed by atoms with Gasteiger partial charge in [0, 0.05) is 6.42 Å².